The molecule has 2 aromatic carbocycles. The van der Waals surface area contributed by atoms with Gasteiger partial charge >= 0.3 is 5.97 Å². The zero-order valence-corrected chi connectivity index (χ0v) is 13.7. The second-order valence-electron chi connectivity index (χ2n) is 7.04. The second kappa shape index (κ2) is 5.22. The van der Waals surface area contributed by atoms with Gasteiger partial charge in [0.05, 0.1) is 11.3 Å². The van der Waals surface area contributed by atoms with E-state index in [-0.39, 0.29) is 23.8 Å². The number of benzene rings is 2. The predicted molar refractivity (Wildman–Crippen MR) is 89.4 cm³/mol. The Hall–Kier alpha value is -2.56. The number of esters is 1. The van der Waals surface area contributed by atoms with Crippen LogP contribution in [0.1, 0.15) is 32.1 Å². The van der Waals surface area contributed by atoms with Gasteiger partial charge in [0.2, 0.25) is 0 Å². The van der Waals surface area contributed by atoms with E-state index >= 15 is 0 Å². The molecule has 2 fully saturated rings. The number of cyclic esters (lactones) is 1. The molecule has 0 N–H and O–H groups in total. The summed E-state index contributed by atoms with van der Waals surface area (Å²) >= 11 is 0. The van der Waals surface area contributed by atoms with Crippen molar-refractivity contribution in [1.82, 2.24) is 0 Å². The maximum Gasteiger partial charge on any atom is 0.306 e. The molecule has 2 unspecified atom stereocenters. The number of hydrogen-bond acceptors (Lipinski definition) is 5. The topological polar surface area (TPSA) is 61.8 Å². The van der Waals surface area contributed by atoms with Gasteiger partial charge < -0.3 is 14.2 Å². The first-order valence-corrected chi connectivity index (χ1v) is 8.76. The minimum atomic E-state index is -0.953. The van der Waals surface area contributed by atoms with E-state index in [0.717, 1.165) is 22.3 Å². The fourth-order valence-electron chi connectivity index (χ4n) is 4.34. The fraction of sp³-hybridized carbons (Fsp3) is 0.400. The van der Waals surface area contributed by atoms with Crippen molar-refractivity contribution in [2.45, 2.75) is 44.0 Å². The molecule has 5 rings (SSSR count). The number of carbonyl (C=O) groups is 2. The lowest BCUT2D eigenvalue weighted by Gasteiger charge is -2.46. The van der Waals surface area contributed by atoms with Crippen molar-refractivity contribution in [3.63, 3.8) is 0 Å². The maximum atomic E-state index is 12.1. The van der Waals surface area contributed by atoms with Gasteiger partial charge in [-0.05, 0) is 23.9 Å². The van der Waals surface area contributed by atoms with Gasteiger partial charge in [0, 0.05) is 25.7 Å². The highest BCUT2D eigenvalue weighted by Crippen LogP contribution is 2.49. The minimum absolute atomic E-state index is 0.169. The van der Waals surface area contributed by atoms with Crippen molar-refractivity contribution < 1.29 is 23.8 Å². The summed E-state index contributed by atoms with van der Waals surface area (Å²) in [6.45, 7) is 0. The third-order valence-electron chi connectivity index (χ3n) is 5.52. The third kappa shape index (κ3) is 2.22. The number of ketones is 1. The Morgan fingerprint density at radius 3 is 2.32 bits per heavy atom. The van der Waals surface area contributed by atoms with Crippen LogP contribution >= 0.6 is 0 Å². The molecule has 0 bridgehead atoms. The summed E-state index contributed by atoms with van der Waals surface area (Å²) in [5.41, 5.74) is 0. The van der Waals surface area contributed by atoms with E-state index in [4.69, 9.17) is 14.2 Å². The van der Waals surface area contributed by atoms with E-state index < -0.39 is 5.79 Å². The van der Waals surface area contributed by atoms with Crippen LogP contribution in [-0.4, -0.2) is 23.6 Å². The molecule has 128 valence electrons. The van der Waals surface area contributed by atoms with Gasteiger partial charge in [-0.25, -0.2) is 0 Å². The highest BCUT2D eigenvalue weighted by molar-refractivity contribution is 5.94. The van der Waals surface area contributed by atoms with E-state index in [2.05, 4.69) is 0 Å². The van der Waals surface area contributed by atoms with Crippen LogP contribution < -0.4 is 9.47 Å². The molecule has 5 heteroatoms. The van der Waals surface area contributed by atoms with Crippen LogP contribution in [0.2, 0.25) is 0 Å². The normalized spacial score (nSPS) is 27.0. The number of ether oxygens (including phenoxy) is 3. The number of hydrogen-bond donors (Lipinski definition) is 0. The third-order valence-corrected chi connectivity index (χ3v) is 5.52. The maximum absolute atomic E-state index is 12.1. The molecule has 2 aliphatic heterocycles. The van der Waals surface area contributed by atoms with Gasteiger partial charge in [0.25, 0.3) is 5.79 Å². The summed E-state index contributed by atoms with van der Waals surface area (Å²) in [6, 6.07) is 11.8. The Bertz CT molecular complexity index is 846. The zero-order valence-electron chi connectivity index (χ0n) is 13.7. The second-order valence-corrected chi connectivity index (χ2v) is 7.04. The first-order valence-electron chi connectivity index (χ1n) is 8.76. The van der Waals surface area contributed by atoms with Crippen molar-refractivity contribution in [3.8, 4) is 11.5 Å². The van der Waals surface area contributed by atoms with Crippen LogP contribution in [0.4, 0.5) is 0 Å². The Kier molecular flexibility index (Phi) is 3.08. The van der Waals surface area contributed by atoms with Crippen LogP contribution in [0.5, 0.6) is 11.5 Å². The van der Waals surface area contributed by atoms with Gasteiger partial charge in [-0.15, -0.1) is 0 Å². The Morgan fingerprint density at radius 1 is 0.960 bits per heavy atom. The fourth-order valence-corrected chi connectivity index (χ4v) is 4.34. The van der Waals surface area contributed by atoms with Crippen LogP contribution in [0.15, 0.2) is 36.4 Å². The van der Waals surface area contributed by atoms with Crippen LogP contribution in [0.3, 0.4) is 0 Å². The summed E-state index contributed by atoms with van der Waals surface area (Å²) in [7, 11) is 0. The van der Waals surface area contributed by atoms with E-state index in [1.165, 1.54) is 0 Å². The molecule has 25 heavy (non-hydrogen) atoms. The Morgan fingerprint density at radius 2 is 1.68 bits per heavy atom. The SMILES string of the molecule is O=C1CCC2(Oc3cccc4cccc(c34)O2)C(C2CCC(=O)O2)C1. The lowest BCUT2D eigenvalue weighted by molar-refractivity contribution is -0.205. The predicted octanol–water partition coefficient (Wildman–Crippen LogP) is 3.38. The first kappa shape index (κ1) is 14.8. The summed E-state index contributed by atoms with van der Waals surface area (Å²) < 4.78 is 18.2. The number of Topliss-reactive ketones (excluding diaryl/α,β-unsaturated/α-hetero) is 1. The molecule has 1 aliphatic carbocycles. The number of carbonyl (C=O) groups excluding carboxylic acids is 2. The molecular formula is C20H18O5. The van der Waals surface area contributed by atoms with E-state index in [1.807, 2.05) is 36.4 Å². The molecule has 0 aromatic heterocycles. The average molecular weight is 338 g/mol. The van der Waals surface area contributed by atoms with Crippen molar-refractivity contribution >= 4 is 22.5 Å². The molecule has 1 spiro atoms. The summed E-state index contributed by atoms with van der Waals surface area (Å²) in [5, 5.41) is 2.01. The zero-order chi connectivity index (χ0) is 17.0. The molecular weight excluding hydrogens is 320 g/mol. The lowest BCUT2D eigenvalue weighted by atomic mass is 9.77. The van der Waals surface area contributed by atoms with Crippen molar-refractivity contribution in [2.75, 3.05) is 0 Å². The first-order chi connectivity index (χ1) is 12.1. The van der Waals surface area contributed by atoms with E-state index in [9.17, 15) is 9.59 Å². The highest BCUT2D eigenvalue weighted by atomic mass is 16.7. The molecule has 0 radical (unpaired) electrons. The minimum Gasteiger partial charge on any atom is -0.462 e. The smallest absolute Gasteiger partial charge is 0.306 e. The number of rotatable bonds is 1. The van der Waals surface area contributed by atoms with Gasteiger partial charge in [-0.2, -0.15) is 0 Å². The highest BCUT2D eigenvalue weighted by Gasteiger charge is 2.55. The monoisotopic (exact) mass is 338 g/mol. The van der Waals surface area contributed by atoms with Gasteiger partial charge in [-0.1, -0.05) is 24.3 Å². The molecule has 2 atom stereocenters. The van der Waals surface area contributed by atoms with Crippen LogP contribution in [0, 0.1) is 5.92 Å². The lowest BCUT2D eigenvalue weighted by Crippen LogP contribution is -2.57. The molecule has 0 amide bonds. The van der Waals surface area contributed by atoms with Gasteiger partial charge in [0.15, 0.2) is 0 Å². The standard InChI is InChI=1S/C20H18O5/c21-13-9-10-20(14(11-13)15-7-8-18(22)23-15)24-16-5-1-3-12-4-2-6-17(25-20)19(12)16/h1-6,14-15H,7-11H2. The molecule has 1 saturated carbocycles. The summed E-state index contributed by atoms with van der Waals surface area (Å²) in [6.07, 6.45) is 1.86. The van der Waals surface area contributed by atoms with E-state index in [0.29, 0.717) is 32.1 Å². The summed E-state index contributed by atoms with van der Waals surface area (Å²) in [5.74, 6) is 0.250. The van der Waals surface area contributed by atoms with Crippen LogP contribution in [0.25, 0.3) is 10.8 Å². The average Bonchev–Trinajstić information content (AvgIpc) is 3.04. The van der Waals surface area contributed by atoms with E-state index in [1.54, 1.807) is 0 Å². The van der Waals surface area contributed by atoms with Crippen molar-refractivity contribution in [3.05, 3.63) is 36.4 Å². The van der Waals surface area contributed by atoms with Crippen LogP contribution in [-0.2, 0) is 14.3 Å². The largest absolute Gasteiger partial charge is 0.462 e. The Labute approximate surface area is 144 Å². The molecule has 2 aromatic rings. The van der Waals surface area contributed by atoms with Gasteiger partial charge in [0.1, 0.15) is 23.4 Å². The Balaban J connectivity index is 1.59. The van der Waals surface area contributed by atoms with Crippen molar-refractivity contribution in [2.24, 2.45) is 5.92 Å². The van der Waals surface area contributed by atoms with Crippen molar-refractivity contribution in [1.29, 1.82) is 0 Å². The quantitative estimate of drug-likeness (QED) is 0.746. The molecule has 5 nitrogen and oxygen atoms in total. The molecule has 2 heterocycles. The molecule has 3 aliphatic rings. The summed E-state index contributed by atoms with van der Waals surface area (Å²) in [4.78, 5) is 23.7. The van der Waals surface area contributed by atoms with Gasteiger partial charge in [-0.3, -0.25) is 9.59 Å². The molecule has 1 saturated heterocycles.